The zero-order chi connectivity index (χ0) is 14.4. The maximum absolute atomic E-state index is 11.7. The molecule has 0 aromatic carbocycles. The third kappa shape index (κ3) is 2.23. The highest BCUT2D eigenvalue weighted by atomic mass is 16.6. The number of aromatic nitrogens is 2. The van der Waals surface area contributed by atoms with E-state index in [0.717, 1.165) is 4.57 Å². The fourth-order valence-electron chi connectivity index (χ4n) is 2.17. The van der Waals surface area contributed by atoms with Crippen LogP contribution in [0.4, 0.5) is 5.82 Å². The van der Waals surface area contributed by atoms with Crippen LogP contribution in [0.5, 0.6) is 0 Å². The number of aliphatic hydroxyl groups excluding tert-OH is 2. The number of anilines is 1. The predicted molar refractivity (Wildman–Crippen MR) is 65.1 cm³/mol. The maximum Gasteiger partial charge on any atom is 0.351 e. The molecule has 0 radical (unpaired) electrons. The van der Waals surface area contributed by atoms with E-state index < -0.39 is 35.8 Å². The summed E-state index contributed by atoms with van der Waals surface area (Å²) in [5, 5.41) is 29.8. The van der Waals surface area contributed by atoms with Gasteiger partial charge in [0.1, 0.15) is 23.6 Å². The van der Waals surface area contributed by atoms with Crippen molar-refractivity contribution in [2.24, 2.45) is 0 Å². The Kier molecular flexibility index (Phi) is 3.35. The van der Waals surface area contributed by atoms with Crippen LogP contribution < -0.4 is 11.4 Å². The van der Waals surface area contributed by atoms with E-state index in [4.69, 9.17) is 10.5 Å². The van der Waals surface area contributed by atoms with Gasteiger partial charge in [-0.1, -0.05) is 0 Å². The van der Waals surface area contributed by atoms with Crippen LogP contribution in [0.1, 0.15) is 20.1 Å². The minimum absolute atomic E-state index is 0.0477. The van der Waals surface area contributed by atoms with Gasteiger partial charge < -0.3 is 25.8 Å². The smallest absolute Gasteiger partial charge is 0.351 e. The van der Waals surface area contributed by atoms with Crippen molar-refractivity contribution in [2.45, 2.75) is 44.0 Å². The summed E-state index contributed by atoms with van der Waals surface area (Å²) in [6, 6.07) is 1.38. The van der Waals surface area contributed by atoms with Gasteiger partial charge in [-0.2, -0.15) is 4.98 Å². The Labute approximate surface area is 109 Å². The van der Waals surface area contributed by atoms with Gasteiger partial charge in [0, 0.05) is 6.20 Å². The van der Waals surface area contributed by atoms with Crippen molar-refractivity contribution in [1.82, 2.24) is 9.55 Å². The fraction of sp³-hybridized carbons (Fsp3) is 0.636. The monoisotopic (exact) mass is 271 g/mol. The zero-order valence-corrected chi connectivity index (χ0v) is 10.6. The molecular weight excluding hydrogens is 254 g/mol. The third-order valence-corrected chi connectivity index (χ3v) is 3.28. The van der Waals surface area contributed by atoms with Gasteiger partial charge in [-0.05, 0) is 19.9 Å². The number of aliphatic hydroxyl groups is 3. The normalized spacial score (nSPS) is 36.4. The van der Waals surface area contributed by atoms with Crippen LogP contribution >= 0.6 is 0 Å². The highest BCUT2D eigenvalue weighted by Gasteiger charge is 2.54. The summed E-state index contributed by atoms with van der Waals surface area (Å²) in [6.07, 6.45) is -3.15. The van der Waals surface area contributed by atoms with Gasteiger partial charge in [-0.15, -0.1) is 0 Å². The lowest BCUT2D eigenvalue weighted by Crippen LogP contribution is -2.47. The van der Waals surface area contributed by atoms with E-state index in [1.165, 1.54) is 26.1 Å². The van der Waals surface area contributed by atoms with Gasteiger partial charge >= 0.3 is 5.69 Å². The van der Waals surface area contributed by atoms with Gasteiger partial charge in [-0.3, -0.25) is 4.57 Å². The molecule has 8 heteroatoms. The number of nitrogens with zero attached hydrogens (tertiary/aromatic N) is 2. The molecule has 1 aromatic heterocycles. The first kappa shape index (κ1) is 13.9. The molecule has 106 valence electrons. The Morgan fingerprint density at radius 2 is 2.26 bits per heavy atom. The third-order valence-electron chi connectivity index (χ3n) is 3.28. The van der Waals surface area contributed by atoms with Crippen LogP contribution in [0.15, 0.2) is 17.1 Å². The Balaban J connectivity index is 2.42. The molecule has 0 amide bonds. The largest absolute Gasteiger partial charge is 0.391 e. The van der Waals surface area contributed by atoms with Gasteiger partial charge in [0.05, 0.1) is 6.10 Å². The second-order valence-corrected chi connectivity index (χ2v) is 4.91. The van der Waals surface area contributed by atoms with Crippen molar-refractivity contribution in [3.05, 3.63) is 22.7 Å². The summed E-state index contributed by atoms with van der Waals surface area (Å²) >= 11 is 0. The van der Waals surface area contributed by atoms with Crippen LogP contribution in [0.25, 0.3) is 0 Å². The second-order valence-electron chi connectivity index (χ2n) is 4.91. The molecule has 2 heterocycles. The SMILES string of the molecule is C[C@@H](O)[C@H]1O[C@@H](n2ccc(N)nc2=O)[C@](C)(O)[C@@H]1O. The van der Waals surface area contributed by atoms with Gasteiger partial charge in [0.25, 0.3) is 0 Å². The summed E-state index contributed by atoms with van der Waals surface area (Å²) < 4.78 is 6.42. The molecule has 19 heavy (non-hydrogen) atoms. The van der Waals surface area contributed by atoms with Crippen molar-refractivity contribution in [1.29, 1.82) is 0 Å². The molecule has 0 aliphatic carbocycles. The summed E-state index contributed by atoms with van der Waals surface area (Å²) in [6.45, 7) is 2.75. The van der Waals surface area contributed by atoms with Crippen molar-refractivity contribution in [3.63, 3.8) is 0 Å². The number of rotatable bonds is 2. The summed E-state index contributed by atoms with van der Waals surface area (Å²) in [4.78, 5) is 15.3. The van der Waals surface area contributed by atoms with Gasteiger partial charge in [0.15, 0.2) is 6.23 Å². The molecule has 0 spiro atoms. The van der Waals surface area contributed by atoms with Crippen LogP contribution in [-0.2, 0) is 4.74 Å². The van der Waals surface area contributed by atoms with E-state index in [2.05, 4.69) is 4.98 Å². The molecule has 2 rings (SSSR count). The molecule has 1 aliphatic heterocycles. The number of hydrogen-bond acceptors (Lipinski definition) is 7. The van der Waals surface area contributed by atoms with E-state index in [1.54, 1.807) is 0 Å². The molecule has 0 unspecified atom stereocenters. The topological polar surface area (TPSA) is 131 Å². The number of nitrogen functional groups attached to an aromatic ring is 1. The highest BCUT2D eigenvalue weighted by molar-refractivity contribution is 5.23. The second kappa shape index (κ2) is 4.57. The van der Waals surface area contributed by atoms with Crippen molar-refractivity contribution < 1.29 is 20.1 Å². The first-order chi connectivity index (χ1) is 8.75. The van der Waals surface area contributed by atoms with Crippen molar-refractivity contribution in [2.75, 3.05) is 5.73 Å². The van der Waals surface area contributed by atoms with Crippen LogP contribution in [0.2, 0.25) is 0 Å². The number of hydrogen-bond donors (Lipinski definition) is 4. The maximum atomic E-state index is 11.7. The standard InChI is InChI=1S/C11H17N3O5/c1-5(15)7-8(16)11(2,18)9(19-7)14-4-3-6(12)13-10(14)17/h3-5,7-9,15-16,18H,1-2H3,(H2,12,13,17)/t5-,7-,8-,9-,11-/m1/s1. The van der Waals surface area contributed by atoms with Crippen molar-refractivity contribution >= 4 is 5.82 Å². The zero-order valence-electron chi connectivity index (χ0n) is 10.6. The molecule has 1 saturated heterocycles. The molecule has 5 atom stereocenters. The van der Waals surface area contributed by atoms with E-state index >= 15 is 0 Å². The van der Waals surface area contributed by atoms with E-state index in [1.807, 2.05) is 0 Å². The Morgan fingerprint density at radius 3 is 2.74 bits per heavy atom. The molecule has 1 fully saturated rings. The fourth-order valence-corrected chi connectivity index (χ4v) is 2.17. The predicted octanol–water partition coefficient (Wildman–Crippen LogP) is -1.78. The molecule has 1 aliphatic rings. The van der Waals surface area contributed by atoms with E-state index in [-0.39, 0.29) is 5.82 Å². The average Bonchev–Trinajstić information content (AvgIpc) is 2.52. The molecule has 5 N–H and O–H groups in total. The summed E-state index contributed by atoms with van der Waals surface area (Å²) in [5.41, 5.74) is 2.94. The Bertz CT molecular complexity index is 527. The average molecular weight is 271 g/mol. The molecule has 0 bridgehead atoms. The molecule has 1 aromatic rings. The highest BCUT2D eigenvalue weighted by Crippen LogP contribution is 2.38. The van der Waals surface area contributed by atoms with Crippen LogP contribution in [-0.4, -0.2) is 48.8 Å². The lowest BCUT2D eigenvalue weighted by atomic mass is 9.94. The minimum atomic E-state index is -1.73. The molecular formula is C11H17N3O5. The van der Waals surface area contributed by atoms with Crippen LogP contribution in [0, 0.1) is 0 Å². The molecule has 8 nitrogen and oxygen atoms in total. The lowest BCUT2D eigenvalue weighted by molar-refractivity contribution is -0.103. The van der Waals surface area contributed by atoms with Crippen LogP contribution in [0.3, 0.4) is 0 Å². The van der Waals surface area contributed by atoms with E-state index in [0.29, 0.717) is 0 Å². The molecule has 0 saturated carbocycles. The first-order valence-corrected chi connectivity index (χ1v) is 5.83. The Morgan fingerprint density at radius 1 is 1.63 bits per heavy atom. The number of nitrogens with two attached hydrogens (primary N) is 1. The van der Waals surface area contributed by atoms with Gasteiger partial charge in [0.2, 0.25) is 0 Å². The van der Waals surface area contributed by atoms with E-state index in [9.17, 15) is 20.1 Å². The number of ether oxygens (including phenoxy) is 1. The summed E-state index contributed by atoms with van der Waals surface area (Å²) in [7, 11) is 0. The Hall–Kier alpha value is -1.48. The van der Waals surface area contributed by atoms with Gasteiger partial charge in [-0.25, -0.2) is 4.79 Å². The summed E-state index contributed by atoms with van der Waals surface area (Å²) in [5.74, 6) is 0.0477. The minimum Gasteiger partial charge on any atom is -0.391 e. The van der Waals surface area contributed by atoms with Crippen molar-refractivity contribution in [3.8, 4) is 0 Å². The quantitative estimate of drug-likeness (QED) is 0.500. The first-order valence-electron chi connectivity index (χ1n) is 5.83. The lowest BCUT2D eigenvalue weighted by Gasteiger charge is -2.27.